The van der Waals surface area contributed by atoms with Crippen molar-refractivity contribution in [3.8, 4) is 0 Å². The summed E-state index contributed by atoms with van der Waals surface area (Å²) in [6.45, 7) is 0. The van der Waals surface area contributed by atoms with Gasteiger partial charge in [0.1, 0.15) is 5.84 Å². The molecule has 1 aromatic rings. The minimum absolute atomic E-state index is 0. The summed E-state index contributed by atoms with van der Waals surface area (Å²) < 4.78 is 24.5. The Balaban J connectivity index is -0.00000133. The minimum atomic E-state index is -3.92. The first-order valence-corrected chi connectivity index (χ1v) is 8.79. The molecule has 0 radical (unpaired) electrons. The van der Waals surface area contributed by atoms with E-state index in [1.807, 2.05) is 5.38 Å². The van der Waals surface area contributed by atoms with Gasteiger partial charge < -0.3 is 20.1 Å². The van der Waals surface area contributed by atoms with Crippen LogP contribution < -0.4 is 22.3 Å². The van der Waals surface area contributed by atoms with Crippen molar-refractivity contribution in [2.45, 2.75) is 12.2 Å². The van der Waals surface area contributed by atoms with Gasteiger partial charge in [-0.25, -0.2) is 10.1 Å². The van der Waals surface area contributed by atoms with Gasteiger partial charge in [0.25, 0.3) is 0 Å². The van der Waals surface area contributed by atoms with Crippen molar-refractivity contribution in [3.05, 3.63) is 11.1 Å². The number of thiazole rings is 1. The van der Waals surface area contributed by atoms with E-state index in [-0.39, 0.29) is 52.4 Å². The molecule has 0 saturated carbocycles. The van der Waals surface area contributed by atoms with Crippen LogP contribution in [0.5, 0.6) is 0 Å². The second-order valence-electron chi connectivity index (χ2n) is 3.56. The van der Waals surface area contributed by atoms with Crippen LogP contribution >= 0.6 is 23.1 Å². The monoisotopic (exact) mass is 379 g/mol. The number of aliphatic imine (C=N–C) groups is 1. The van der Waals surface area contributed by atoms with E-state index >= 15 is 0 Å². The average molecular weight is 380 g/mol. The summed E-state index contributed by atoms with van der Waals surface area (Å²) >= 11 is 2.86. The van der Waals surface area contributed by atoms with E-state index < -0.39 is 10.2 Å². The molecule has 0 aliphatic heterocycles. The third kappa shape index (κ3) is 10.3. The molecular formula is C8H17CaN7O2S3. The van der Waals surface area contributed by atoms with Crippen molar-refractivity contribution in [3.63, 3.8) is 0 Å². The van der Waals surface area contributed by atoms with Crippen LogP contribution in [0.15, 0.2) is 14.8 Å². The summed E-state index contributed by atoms with van der Waals surface area (Å²) in [5.41, 5.74) is 16.7. The minimum Gasteiger partial charge on any atom is -1.00 e. The predicted molar refractivity (Wildman–Crippen MR) is 91.1 cm³/mol. The quantitative estimate of drug-likeness (QED) is 0.205. The Hall–Kier alpha value is -0.110. The molecule has 0 aliphatic carbocycles. The van der Waals surface area contributed by atoms with Crippen LogP contribution in [0, 0.1) is 0 Å². The van der Waals surface area contributed by atoms with Gasteiger partial charge in [0.05, 0.1) is 5.69 Å². The molecule has 21 heavy (non-hydrogen) atoms. The van der Waals surface area contributed by atoms with E-state index in [4.69, 9.17) is 22.3 Å². The Labute approximate surface area is 163 Å². The summed E-state index contributed by atoms with van der Waals surface area (Å²) in [6.07, 6.45) is 0.325. The molecule has 1 aromatic heterocycles. The zero-order valence-electron chi connectivity index (χ0n) is 13.1. The number of nitrogens with zero attached hydrogens (tertiary/aromatic N) is 3. The number of hydrogen-bond acceptors (Lipinski definition) is 6. The number of aromatic nitrogens is 1. The molecular weight excluding hydrogens is 362 g/mol. The fourth-order valence-electron chi connectivity index (χ4n) is 1.09. The molecule has 0 bridgehead atoms. The largest absolute Gasteiger partial charge is 2.00 e. The number of hydrogen-bond donors (Lipinski definition) is 4. The maximum atomic E-state index is 10.6. The molecule has 0 atom stereocenters. The summed E-state index contributed by atoms with van der Waals surface area (Å²) in [6, 6.07) is 0. The number of nitrogens with two attached hydrogens (primary N) is 4. The molecule has 8 N–H and O–H groups in total. The van der Waals surface area contributed by atoms with Gasteiger partial charge in [-0.1, -0.05) is 0 Å². The Morgan fingerprint density at radius 3 is 2.67 bits per heavy atom. The van der Waals surface area contributed by atoms with Gasteiger partial charge >= 0.3 is 47.9 Å². The fraction of sp³-hybridized carbons (Fsp3) is 0.375. The van der Waals surface area contributed by atoms with Gasteiger partial charge in [-0.2, -0.15) is 25.2 Å². The van der Waals surface area contributed by atoms with Crippen molar-refractivity contribution in [1.82, 2.24) is 4.98 Å². The predicted octanol–water partition coefficient (Wildman–Crippen LogP) is -0.924. The fourth-order valence-corrected chi connectivity index (χ4v) is 3.17. The van der Waals surface area contributed by atoms with Crippen LogP contribution in [-0.2, 0) is 16.0 Å². The first kappa shape index (κ1) is 20.9. The Kier molecular flexibility index (Phi) is 9.76. The van der Waals surface area contributed by atoms with Crippen LogP contribution in [0.3, 0.4) is 0 Å². The molecule has 1 rings (SSSR count). The molecule has 9 nitrogen and oxygen atoms in total. The van der Waals surface area contributed by atoms with Crippen LogP contribution in [-0.4, -0.2) is 68.7 Å². The Morgan fingerprint density at radius 1 is 1.43 bits per heavy atom. The number of thioether (sulfide) groups is 1. The topological polar surface area (TPSA) is 176 Å². The first-order chi connectivity index (χ1) is 9.26. The summed E-state index contributed by atoms with van der Waals surface area (Å²) in [5, 5.41) is 7.07. The van der Waals surface area contributed by atoms with Crippen LogP contribution in [0.25, 0.3) is 0 Å². The van der Waals surface area contributed by atoms with Crippen LogP contribution in [0.4, 0.5) is 5.13 Å². The number of rotatable bonds is 7. The van der Waals surface area contributed by atoms with E-state index in [1.165, 1.54) is 23.1 Å². The van der Waals surface area contributed by atoms with Crippen molar-refractivity contribution in [1.29, 1.82) is 0 Å². The normalized spacial score (nSPS) is 11.8. The van der Waals surface area contributed by atoms with Crippen molar-refractivity contribution < 1.29 is 11.3 Å². The summed E-state index contributed by atoms with van der Waals surface area (Å²) in [7, 11) is -3.92. The SMILES string of the molecule is NC(N)=Nc1nc(CSCCC(N)=NS(N)(=O)=O)cs1.[Ca+2].[H-].[H-]. The second kappa shape index (κ2) is 9.82. The first-order valence-electron chi connectivity index (χ1n) is 5.25. The van der Waals surface area contributed by atoms with Crippen LogP contribution in [0.1, 0.15) is 15.0 Å². The molecule has 0 spiro atoms. The van der Waals surface area contributed by atoms with Gasteiger partial charge in [0.2, 0.25) is 5.13 Å². The van der Waals surface area contributed by atoms with E-state index in [0.29, 0.717) is 23.1 Å². The molecule has 0 aromatic carbocycles. The standard InChI is InChI=1S/C8H15N7O2S3.Ca.2H/c9-6(15-20(12,16)17)1-2-18-3-5-4-19-8(13-5)14-7(10)11;;;/h4H,1-3H2,(H2,9,15)(H2,12,16,17)(H4,10,11,13,14);;;/q;+2;2*-1. The molecule has 0 aliphatic rings. The third-order valence-electron chi connectivity index (χ3n) is 1.76. The molecule has 0 amide bonds. The van der Waals surface area contributed by atoms with E-state index in [2.05, 4.69) is 14.4 Å². The van der Waals surface area contributed by atoms with Gasteiger partial charge in [0, 0.05) is 23.3 Å². The molecule has 13 heteroatoms. The third-order valence-corrected chi connectivity index (χ3v) is 4.03. The molecule has 0 saturated heterocycles. The summed E-state index contributed by atoms with van der Waals surface area (Å²) in [5.74, 6) is 1.18. The molecule has 1 heterocycles. The number of guanidine groups is 1. The maximum absolute atomic E-state index is 10.6. The number of amidine groups is 1. The van der Waals surface area contributed by atoms with Crippen molar-refractivity contribution in [2.24, 2.45) is 31.7 Å². The molecule has 116 valence electrons. The second-order valence-corrected chi connectivity index (χ2v) is 6.71. The zero-order valence-corrected chi connectivity index (χ0v) is 15.8. The Bertz CT molecular complexity index is 619. The van der Waals surface area contributed by atoms with E-state index in [1.54, 1.807) is 0 Å². The Morgan fingerprint density at radius 2 is 2.10 bits per heavy atom. The average Bonchev–Trinajstić information content (AvgIpc) is 2.68. The van der Waals surface area contributed by atoms with Crippen molar-refractivity contribution >= 4 is 88.0 Å². The smallest absolute Gasteiger partial charge is 1.00 e. The zero-order chi connectivity index (χ0) is 15.2. The summed E-state index contributed by atoms with van der Waals surface area (Å²) in [4.78, 5) is 8.03. The molecule has 0 fully saturated rings. The van der Waals surface area contributed by atoms with E-state index in [9.17, 15) is 8.42 Å². The van der Waals surface area contributed by atoms with Gasteiger partial charge in [0.15, 0.2) is 5.96 Å². The molecule has 0 unspecified atom stereocenters. The van der Waals surface area contributed by atoms with Gasteiger partial charge in [-0.15, -0.1) is 15.7 Å². The van der Waals surface area contributed by atoms with Crippen molar-refractivity contribution in [2.75, 3.05) is 5.75 Å². The van der Waals surface area contributed by atoms with Gasteiger partial charge in [-0.05, 0) is 0 Å². The van der Waals surface area contributed by atoms with Crippen LogP contribution in [0.2, 0.25) is 0 Å². The maximum Gasteiger partial charge on any atom is 2.00 e. The van der Waals surface area contributed by atoms with E-state index in [0.717, 1.165) is 5.69 Å². The van der Waals surface area contributed by atoms with Gasteiger partial charge in [-0.3, -0.25) is 0 Å².